The van der Waals surface area contributed by atoms with Crippen LogP contribution in [0.25, 0.3) is 0 Å². The molecule has 0 aromatic heterocycles. The zero-order valence-corrected chi connectivity index (χ0v) is 19.9. The molecule has 2 aromatic rings. The van der Waals surface area contributed by atoms with Crippen LogP contribution in [-0.4, -0.2) is 50.3 Å². The normalized spacial score (nSPS) is 29.5. The predicted octanol–water partition coefficient (Wildman–Crippen LogP) is 5.48. The molecule has 0 spiro atoms. The first kappa shape index (κ1) is 24.4. The third-order valence-corrected chi connectivity index (χ3v) is 6.39. The van der Waals surface area contributed by atoms with Gasteiger partial charge in [-0.25, -0.2) is 0 Å². The number of ether oxygens (including phenoxy) is 5. The Morgan fingerprint density at radius 2 is 1.42 bits per heavy atom. The third kappa shape index (κ3) is 6.43. The van der Waals surface area contributed by atoms with Gasteiger partial charge in [-0.2, -0.15) is 0 Å². The van der Waals surface area contributed by atoms with E-state index in [0.717, 1.165) is 37.7 Å². The summed E-state index contributed by atoms with van der Waals surface area (Å²) in [5.74, 6) is 0. The van der Waals surface area contributed by atoms with Crippen molar-refractivity contribution >= 4 is 0 Å². The fourth-order valence-electron chi connectivity index (χ4n) is 4.57. The summed E-state index contributed by atoms with van der Waals surface area (Å²) in [6.07, 6.45) is 3.63. The molecule has 0 amide bonds. The molecule has 0 unspecified atom stereocenters. The lowest BCUT2D eigenvalue weighted by molar-refractivity contribution is -0.337. The van der Waals surface area contributed by atoms with Crippen LogP contribution in [0.2, 0.25) is 0 Å². The molecule has 2 aliphatic heterocycles. The molecule has 5 nitrogen and oxygen atoms in total. The maximum Gasteiger partial charge on any atom is 0.184 e. The van der Waals surface area contributed by atoms with Gasteiger partial charge in [0.1, 0.15) is 24.4 Å². The van der Waals surface area contributed by atoms with Crippen LogP contribution in [0.3, 0.4) is 0 Å². The molecule has 5 heteroatoms. The molecule has 6 atom stereocenters. The first-order valence-electron chi connectivity index (χ1n) is 12.5. The van der Waals surface area contributed by atoms with Gasteiger partial charge in [0.2, 0.25) is 0 Å². The second-order valence-corrected chi connectivity index (χ2v) is 8.96. The fourth-order valence-corrected chi connectivity index (χ4v) is 4.57. The van der Waals surface area contributed by atoms with E-state index in [1.54, 1.807) is 0 Å². The van der Waals surface area contributed by atoms with E-state index in [-0.39, 0.29) is 30.5 Å². The Labute approximate surface area is 198 Å². The van der Waals surface area contributed by atoms with Crippen molar-refractivity contribution < 1.29 is 23.7 Å². The van der Waals surface area contributed by atoms with Gasteiger partial charge in [-0.05, 0) is 18.4 Å². The summed E-state index contributed by atoms with van der Waals surface area (Å²) in [5, 5.41) is 0. The van der Waals surface area contributed by atoms with Crippen molar-refractivity contribution in [2.45, 2.75) is 82.8 Å². The number of fused-ring (bicyclic) bond motifs is 1. The maximum absolute atomic E-state index is 6.60. The molecule has 0 bridgehead atoms. The largest absolute Gasteiger partial charge is 0.373 e. The number of benzene rings is 2. The van der Waals surface area contributed by atoms with E-state index in [4.69, 9.17) is 23.7 Å². The zero-order chi connectivity index (χ0) is 22.9. The lowest BCUT2D eigenvalue weighted by atomic mass is 9.90. The van der Waals surface area contributed by atoms with E-state index in [0.29, 0.717) is 19.8 Å². The topological polar surface area (TPSA) is 46.2 Å². The minimum atomic E-state index is -0.421. The van der Waals surface area contributed by atoms with Gasteiger partial charge >= 0.3 is 0 Å². The molecule has 2 heterocycles. The van der Waals surface area contributed by atoms with Gasteiger partial charge in [0.05, 0.1) is 12.7 Å². The predicted molar refractivity (Wildman–Crippen MR) is 128 cm³/mol. The number of hydrogen-bond donors (Lipinski definition) is 0. The van der Waals surface area contributed by atoms with Crippen molar-refractivity contribution in [2.75, 3.05) is 19.8 Å². The van der Waals surface area contributed by atoms with Crippen molar-refractivity contribution in [1.82, 2.24) is 0 Å². The first-order chi connectivity index (χ1) is 16.3. The van der Waals surface area contributed by atoms with Crippen molar-refractivity contribution in [3.05, 3.63) is 71.8 Å². The molecule has 2 fully saturated rings. The Morgan fingerprint density at radius 3 is 2.09 bits per heavy atom. The van der Waals surface area contributed by atoms with Crippen LogP contribution in [0.4, 0.5) is 0 Å². The van der Waals surface area contributed by atoms with Crippen LogP contribution in [0, 0.1) is 0 Å². The molecule has 0 N–H and O–H groups in total. The van der Waals surface area contributed by atoms with E-state index in [2.05, 4.69) is 38.1 Å². The molecule has 4 rings (SSSR count). The Kier molecular flexibility index (Phi) is 9.33. The Hall–Kier alpha value is -1.76. The van der Waals surface area contributed by atoms with Crippen molar-refractivity contribution in [2.24, 2.45) is 0 Å². The molecule has 180 valence electrons. The summed E-state index contributed by atoms with van der Waals surface area (Å²) in [6.45, 7) is 6.22. The first-order valence-corrected chi connectivity index (χ1v) is 12.5. The van der Waals surface area contributed by atoms with Crippen molar-refractivity contribution in [1.29, 1.82) is 0 Å². The Morgan fingerprint density at radius 1 is 0.788 bits per heavy atom. The summed E-state index contributed by atoms with van der Waals surface area (Å²) in [6, 6.07) is 20.6. The fraction of sp³-hybridized carbons (Fsp3) is 0.571. The van der Waals surface area contributed by atoms with Gasteiger partial charge in [-0.1, -0.05) is 87.4 Å². The summed E-state index contributed by atoms with van der Waals surface area (Å²) in [4.78, 5) is 0. The molecular weight excluding hydrogens is 416 g/mol. The lowest BCUT2D eigenvalue weighted by Crippen LogP contribution is -2.63. The summed E-state index contributed by atoms with van der Waals surface area (Å²) in [5.41, 5.74) is 2.25. The van der Waals surface area contributed by atoms with Crippen LogP contribution >= 0.6 is 0 Å². The quantitative estimate of drug-likeness (QED) is 0.421. The average Bonchev–Trinajstić information content (AvgIpc) is 2.86. The third-order valence-electron chi connectivity index (χ3n) is 6.39. The van der Waals surface area contributed by atoms with Gasteiger partial charge in [0, 0.05) is 25.2 Å². The number of hydrogen-bond acceptors (Lipinski definition) is 5. The monoisotopic (exact) mass is 454 g/mol. The second kappa shape index (κ2) is 12.6. The van der Waals surface area contributed by atoms with E-state index in [1.807, 2.05) is 36.4 Å². The zero-order valence-electron chi connectivity index (χ0n) is 19.9. The van der Waals surface area contributed by atoms with Crippen molar-refractivity contribution in [3.8, 4) is 0 Å². The Bertz CT molecular complexity index is 798. The van der Waals surface area contributed by atoms with E-state index in [9.17, 15) is 0 Å². The van der Waals surface area contributed by atoms with Gasteiger partial charge in [0.25, 0.3) is 0 Å². The highest BCUT2D eigenvalue weighted by atomic mass is 16.7. The molecule has 2 aliphatic rings. The molecule has 0 saturated carbocycles. The van der Waals surface area contributed by atoms with Crippen LogP contribution in [0.5, 0.6) is 0 Å². The minimum absolute atomic E-state index is 0.113. The van der Waals surface area contributed by atoms with Crippen LogP contribution < -0.4 is 0 Å². The molecular formula is C28H38O5. The summed E-state index contributed by atoms with van der Waals surface area (Å²) >= 11 is 0. The van der Waals surface area contributed by atoms with Crippen LogP contribution in [0.15, 0.2) is 60.7 Å². The highest BCUT2D eigenvalue weighted by Crippen LogP contribution is 2.37. The van der Waals surface area contributed by atoms with E-state index in [1.165, 1.54) is 5.56 Å². The van der Waals surface area contributed by atoms with Gasteiger partial charge in [-0.15, -0.1) is 0 Å². The van der Waals surface area contributed by atoms with Crippen LogP contribution in [0.1, 0.15) is 56.9 Å². The van der Waals surface area contributed by atoms with E-state index < -0.39 is 6.29 Å². The number of unbranched alkanes of at least 4 members (excludes halogenated alkanes) is 2. The van der Waals surface area contributed by atoms with Gasteiger partial charge in [-0.3, -0.25) is 0 Å². The summed E-state index contributed by atoms with van der Waals surface area (Å²) < 4.78 is 32.2. The average molecular weight is 455 g/mol. The maximum atomic E-state index is 6.60. The van der Waals surface area contributed by atoms with Gasteiger partial charge in [0.15, 0.2) is 6.29 Å². The Balaban J connectivity index is 1.56. The van der Waals surface area contributed by atoms with Crippen LogP contribution in [-0.2, 0) is 30.1 Å². The smallest absolute Gasteiger partial charge is 0.184 e. The molecule has 0 radical (unpaired) electrons. The highest BCUT2D eigenvalue weighted by molar-refractivity contribution is 5.18. The minimum Gasteiger partial charge on any atom is -0.373 e. The molecule has 2 saturated heterocycles. The summed E-state index contributed by atoms with van der Waals surface area (Å²) in [7, 11) is 0. The standard InChI is InChI=1S/C28H38O5/c1-3-5-17-29-25-23(19-21-13-9-7-10-14-21)32-24-20-31-28(22-15-11-8-12-16-22)33-26(24)27(25)30-18-6-4-2/h7-16,23-28H,3-6,17-20H2,1-2H3/t23-,24+,25-,26+,27+,28+/m0/s1. The number of rotatable bonds is 11. The van der Waals surface area contributed by atoms with E-state index >= 15 is 0 Å². The molecule has 2 aromatic carbocycles. The molecule has 0 aliphatic carbocycles. The highest BCUT2D eigenvalue weighted by Gasteiger charge is 2.51. The second-order valence-electron chi connectivity index (χ2n) is 8.96. The SMILES string of the molecule is CCCCO[C@@H]1[C@@H](OCCCC)[C@H](Cc2ccccc2)O[C@@H]2CO[C@@H](c3ccccc3)O[C@@H]12. The van der Waals surface area contributed by atoms with Crippen molar-refractivity contribution in [3.63, 3.8) is 0 Å². The van der Waals surface area contributed by atoms with Gasteiger partial charge < -0.3 is 23.7 Å². The molecule has 33 heavy (non-hydrogen) atoms. The lowest BCUT2D eigenvalue weighted by Gasteiger charge is -2.49.